The van der Waals surface area contributed by atoms with Crippen molar-refractivity contribution in [3.05, 3.63) is 29.8 Å². The lowest BCUT2D eigenvalue weighted by Gasteiger charge is -2.23. The third kappa shape index (κ3) is 4.47. The van der Waals surface area contributed by atoms with E-state index in [4.69, 9.17) is 5.73 Å². The van der Waals surface area contributed by atoms with E-state index in [2.05, 4.69) is 10.3 Å². The third-order valence-electron chi connectivity index (χ3n) is 4.40. The second-order valence-electron chi connectivity index (χ2n) is 7.04. The van der Waals surface area contributed by atoms with Gasteiger partial charge in [-0.1, -0.05) is 32.0 Å². The zero-order chi connectivity index (χ0) is 19.4. The summed E-state index contributed by atoms with van der Waals surface area (Å²) in [6, 6.07) is 7.45. The van der Waals surface area contributed by atoms with Crippen LogP contribution in [0.25, 0.3) is 0 Å². The number of carbonyl (C=O) groups is 3. The monoisotopic (exact) mass is 358 g/mol. The minimum absolute atomic E-state index is 0.0519. The molecule has 0 radical (unpaired) electrons. The average molecular weight is 358 g/mol. The fraction of sp³-hybridized carbons (Fsp3) is 0.474. The minimum Gasteiger partial charge on any atom is -0.370 e. The summed E-state index contributed by atoms with van der Waals surface area (Å²) in [5.41, 5.74) is 7.52. The molecule has 0 saturated carbocycles. The number of anilines is 1. The van der Waals surface area contributed by atoms with E-state index in [0.29, 0.717) is 12.1 Å². The Labute approximate surface area is 153 Å². The van der Waals surface area contributed by atoms with Crippen molar-refractivity contribution >= 4 is 29.1 Å². The predicted molar refractivity (Wildman–Crippen MR) is 101 cm³/mol. The quantitative estimate of drug-likeness (QED) is 0.804. The van der Waals surface area contributed by atoms with Crippen LogP contribution >= 0.6 is 0 Å². The molecule has 1 aromatic rings. The third-order valence-corrected chi connectivity index (χ3v) is 4.40. The Morgan fingerprint density at radius 3 is 2.58 bits per heavy atom. The average Bonchev–Trinajstić information content (AvgIpc) is 2.65. The molecule has 1 aliphatic rings. The van der Waals surface area contributed by atoms with Crippen LogP contribution in [0.2, 0.25) is 0 Å². The van der Waals surface area contributed by atoms with Crippen LogP contribution in [0.4, 0.5) is 5.69 Å². The smallest absolute Gasteiger partial charge is 0.272 e. The number of aliphatic imine (C=N–C) groups is 1. The first kappa shape index (κ1) is 19.6. The van der Waals surface area contributed by atoms with E-state index < -0.39 is 18.0 Å². The van der Waals surface area contributed by atoms with Crippen LogP contribution in [0.1, 0.15) is 39.2 Å². The number of nitrogens with two attached hydrogens (primary N) is 1. The van der Waals surface area contributed by atoms with Gasteiger partial charge < -0.3 is 16.0 Å². The van der Waals surface area contributed by atoms with Crippen LogP contribution in [-0.4, -0.2) is 36.6 Å². The number of benzene rings is 1. The molecule has 2 unspecified atom stereocenters. The standard InChI is InChI=1S/C19H26N4O3/c1-11(2)9-13(10-16(20)24)18(25)22-17-19(26)23(4)15-8-6-5-7-14(15)12(3)21-17/h5-8,11,13,17H,9-10H2,1-4H3,(H2,20,24)(H,22,25). The van der Waals surface area contributed by atoms with E-state index in [9.17, 15) is 14.4 Å². The van der Waals surface area contributed by atoms with E-state index in [1.165, 1.54) is 4.90 Å². The SMILES string of the molecule is CC1=NC(NC(=O)C(CC(N)=O)CC(C)C)C(=O)N(C)c2ccccc21. The van der Waals surface area contributed by atoms with Crippen molar-refractivity contribution in [2.45, 2.75) is 39.8 Å². The number of fused-ring (bicyclic) bond motifs is 1. The highest BCUT2D eigenvalue weighted by atomic mass is 16.2. The number of amides is 3. The second-order valence-corrected chi connectivity index (χ2v) is 7.04. The number of benzodiazepines with no additional fused rings is 1. The Balaban J connectivity index is 2.25. The molecule has 26 heavy (non-hydrogen) atoms. The summed E-state index contributed by atoms with van der Waals surface area (Å²) in [6.45, 7) is 5.73. The van der Waals surface area contributed by atoms with Crippen LogP contribution in [-0.2, 0) is 14.4 Å². The van der Waals surface area contributed by atoms with Crippen LogP contribution in [0, 0.1) is 11.8 Å². The molecule has 2 rings (SSSR count). The van der Waals surface area contributed by atoms with Crippen molar-refractivity contribution in [3.8, 4) is 0 Å². The molecule has 0 aromatic heterocycles. The molecule has 3 amide bonds. The normalized spacial score (nSPS) is 18.0. The lowest BCUT2D eigenvalue weighted by atomic mass is 9.93. The first-order valence-electron chi connectivity index (χ1n) is 8.70. The number of primary amides is 1. The molecule has 7 nitrogen and oxygen atoms in total. The first-order valence-corrected chi connectivity index (χ1v) is 8.70. The Morgan fingerprint density at radius 2 is 1.96 bits per heavy atom. The highest BCUT2D eigenvalue weighted by Crippen LogP contribution is 2.24. The van der Waals surface area contributed by atoms with Crippen molar-refractivity contribution in [3.63, 3.8) is 0 Å². The number of hydrogen-bond acceptors (Lipinski definition) is 4. The lowest BCUT2D eigenvalue weighted by Crippen LogP contribution is -2.48. The highest BCUT2D eigenvalue weighted by molar-refractivity contribution is 6.12. The summed E-state index contributed by atoms with van der Waals surface area (Å²) in [5.74, 6) is -1.61. The van der Waals surface area contributed by atoms with Gasteiger partial charge in [0.05, 0.1) is 5.69 Å². The molecule has 140 valence electrons. The molecule has 0 bridgehead atoms. The van der Waals surface area contributed by atoms with Crippen molar-refractivity contribution in [2.24, 2.45) is 22.6 Å². The molecule has 1 aromatic carbocycles. The highest BCUT2D eigenvalue weighted by Gasteiger charge is 2.31. The molecular formula is C19H26N4O3. The molecule has 3 N–H and O–H groups in total. The minimum atomic E-state index is -1.03. The summed E-state index contributed by atoms with van der Waals surface area (Å²) in [4.78, 5) is 42.6. The summed E-state index contributed by atoms with van der Waals surface area (Å²) in [5, 5.41) is 2.69. The number of nitrogens with one attached hydrogen (secondary N) is 1. The Kier molecular flexibility index (Phi) is 6.13. The van der Waals surface area contributed by atoms with Gasteiger partial charge >= 0.3 is 0 Å². The van der Waals surface area contributed by atoms with E-state index >= 15 is 0 Å². The summed E-state index contributed by atoms with van der Waals surface area (Å²) < 4.78 is 0. The van der Waals surface area contributed by atoms with Crippen molar-refractivity contribution in [1.29, 1.82) is 0 Å². The van der Waals surface area contributed by atoms with Gasteiger partial charge in [0.25, 0.3) is 5.91 Å². The largest absolute Gasteiger partial charge is 0.370 e. The Hall–Kier alpha value is -2.70. The second kappa shape index (κ2) is 8.12. The molecule has 1 aliphatic heterocycles. The van der Waals surface area contributed by atoms with Crippen LogP contribution in [0.3, 0.4) is 0 Å². The number of likely N-dealkylation sites (N-methyl/N-ethyl adjacent to an activating group) is 1. The van der Waals surface area contributed by atoms with Gasteiger partial charge in [0, 0.05) is 30.7 Å². The van der Waals surface area contributed by atoms with Gasteiger partial charge in [-0.3, -0.25) is 19.4 Å². The van der Waals surface area contributed by atoms with Crippen LogP contribution < -0.4 is 16.0 Å². The summed E-state index contributed by atoms with van der Waals surface area (Å²) >= 11 is 0. The van der Waals surface area contributed by atoms with E-state index in [1.54, 1.807) is 14.0 Å². The van der Waals surface area contributed by atoms with Gasteiger partial charge in [0.1, 0.15) is 0 Å². The maximum atomic E-state index is 12.8. The molecular weight excluding hydrogens is 332 g/mol. The number of hydrogen-bond donors (Lipinski definition) is 2. The fourth-order valence-electron chi connectivity index (χ4n) is 3.13. The summed E-state index contributed by atoms with van der Waals surface area (Å²) in [7, 11) is 1.66. The Bertz CT molecular complexity index is 742. The zero-order valence-corrected chi connectivity index (χ0v) is 15.7. The van der Waals surface area contributed by atoms with E-state index in [-0.39, 0.29) is 24.2 Å². The lowest BCUT2D eigenvalue weighted by molar-refractivity contribution is -0.132. The number of para-hydroxylation sites is 1. The van der Waals surface area contributed by atoms with E-state index in [1.807, 2.05) is 38.1 Å². The van der Waals surface area contributed by atoms with Gasteiger partial charge in [0.15, 0.2) is 0 Å². The van der Waals surface area contributed by atoms with Crippen molar-refractivity contribution in [2.75, 3.05) is 11.9 Å². The maximum Gasteiger partial charge on any atom is 0.272 e. The van der Waals surface area contributed by atoms with Gasteiger partial charge in [-0.2, -0.15) is 0 Å². The van der Waals surface area contributed by atoms with Crippen molar-refractivity contribution < 1.29 is 14.4 Å². The van der Waals surface area contributed by atoms with Crippen LogP contribution in [0.5, 0.6) is 0 Å². The molecule has 2 atom stereocenters. The molecule has 0 spiro atoms. The predicted octanol–water partition coefficient (Wildman–Crippen LogP) is 1.45. The first-order chi connectivity index (χ1) is 12.2. The maximum absolute atomic E-state index is 12.8. The number of rotatable bonds is 6. The molecule has 0 aliphatic carbocycles. The zero-order valence-electron chi connectivity index (χ0n) is 15.7. The van der Waals surface area contributed by atoms with Gasteiger partial charge in [-0.25, -0.2) is 0 Å². The van der Waals surface area contributed by atoms with Crippen molar-refractivity contribution in [1.82, 2.24) is 5.32 Å². The summed E-state index contributed by atoms with van der Waals surface area (Å²) in [6.07, 6.45) is -0.569. The van der Waals surface area contributed by atoms with Gasteiger partial charge in [0.2, 0.25) is 18.0 Å². The number of carbonyl (C=O) groups excluding carboxylic acids is 3. The molecule has 1 heterocycles. The van der Waals surface area contributed by atoms with Gasteiger partial charge in [-0.05, 0) is 25.3 Å². The molecule has 0 fully saturated rings. The number of nitrogens with zero attached hydrogens (tertiary/aromatic N) is 2. The van der Waals surface area contributed by atoms with Gasteiger partial charge in [-0.15, -0.1) is 0 Å². The van der Waals surface area contributed by atoms with Crippen LogP contribution in [0.15, 0.2) is 29.3 Å². The Morgan fingerprint density at radius 1 is 1.31 bits per heavy atom. The van der Waals surface area contributed by atoms with E-state index in [0.717, 1.165) is 11.3 Å². The topological polar surface area (TPSA) is 105 Å². The fourth-order valence-corrected chi connectivity index (χ4v) is 3.13. The molecule has 0 saturated heterocycles. The molecule has 7 heteroatoms.